The second-order valence-electron chi connectivity index (χ2n) is 4.07. The molecule has 0 aromatic heterocycles. The van der Waals surface area contributed by atoms with E-state index in [2.05, 4.69) is 15.0 Å². The standard InChI is InChI=1S/C13H9F2N3OS/c14-7-2-1-3-9(4-7)16-13-17-12-10(19)5-8(15)6-11(12)20-18-13/h1-6,19H,(H2,16,17,18). The molecule has 2 aromatic carbocycles. The number of hydrogen-bond donors (Lipinski definition) is 3. The van der Waals surface area contributed by atoms with Crippen LogP contribution < -0.4 is 10.0 Å². The summed E-state index contributed by atoms with van der Waals surface area (Å²) in [5.74, 6) is -0.820. The first-order chi connectivity index (χ1) is 9.61. The van der Waals surface area contributed by atoms with E-state index in [1.54, 1.807) is 12.1 Å². The highest BCUT2D eigenvalue weighted by Gasteiger charge is 2.17. The molecule has 0 bridgehead atoms. The third kappa shape index (κ3) is 2.53. The first-order valence-electron chi connectivity index (χ1n) is 5.68. The molecule has 0 spiro atoms. The van der Waals surface area contributed by atoms with E-state index in [-0.39, 0.29) is 17.3 Å². The van der Waals surface area contributed by atoms with Crippen molar-refractivity contribution in [1.29, 1.82) is 0 Å². The highest BCUT2D eigenvalue weighted by molar-refractivity contribution is 7.98. The Balaban J connectivity index is 1.91. The van der Waals surface area contributed by atoms with Crippen LogP contribution in [-0.2, 0) is 0 Å². The van der Waals surface area contributed by atoms with E-state index in [9.17, 15) is 13.9 Å². The fourth-order valence-electron chi connectivity index (χ4n) is 1.74. The maximum atomic E-state index is 13.1. The van der Waals surface area contributed by atoms with Gasteiger partial charge in [0.25, 0.3) is 0 Å². The Morgan fingerprint density at radius 3 is 2.80 bits per heavy atom. The number of anilines is 1. The normalized spacial score (nSPS) is 13.2. The summed E-state index contributed by atoms with van der Waals surface area (Å²) in [4.78, 5) is 4.62. The summed E-state index contributed by atoms with van der Waals surface area (Å²) >= 11 is 1.11. The molecule has 3 N–H and O–H groups in total. The van der Waals surface area contributed by atoms with Gasteiger partial charge in [-0.05, 0) is 36.2 Å². The minimum Gasteiger partial charge on any atom is -0.506 e. The predicted octanol–water partition coefficient (Wildman–Crippen LogP) is 3.38. The molecule has 0 saturated carbocycles. The monoisotopic (exact) mass is 293 g/mol. The quantitative estimate of drug-likeness (QED) is 0.706. The molecule has 2 aromatic rings. The van der Waals surface area contributed by atoms with Crippen LogP contribution >= 0.6 is 11.9 Å². The van der Waals surface area contributed by atoms with E-state index >= 15 is 0 Å². The number of hydrogen-bond acceptors (Lipinski definition) is 5. The van der Waals surface area contributed by atoms with E-state index in [4.69, 9.17) is 0 Å². The van der Waals surface area contributed by atoms with Crippen molar-refractivity contribution in [3.05, 3.63) is 48.0 Å². The summed E-state index contributed by atoms with van der Waals surface area (Å²) in [6, 6.07) is 8.16. The fourth-order valence-corrected chi connectivity index (χ4v) is 2.47. The predicted molar refractivity (Wildman–Crippen MR) is 74.2 cm³/mol. The second kappa shape index (κ2) is 5.01. The molecule has 0 atom stereocenters. The Hall–Kier alpha value is -2.28. The van der Waals surface area contributed by atoms with Gasteiger partial charge in [-0.25, -0.2) is 13.8 Å². The molecule has 0 saturated heterocycles. The Kier molecular flexibility index (Phi) is 3.19. The van der Waals surface area contributed by atoms with E-state index < -0.39 is 5.82 Å². The fraction of sp³-hybridized carbons (Fsp3) is 0. The van der Waals surface area contributed by atoms with Crippen LogP contribution in [0.4, 0.5) is 20.2 Å². The lowest BCUT2D eigenvalue weighted by molar-refractivity contribution is 0.468. The zero-order valence-electron chi connectivity index (χ0n) is 10.0. The summed E-state index contributed by atoms with van der Waals surface area (Å²) in [7, 11) is 0. The third-order valence-corrected chi connectivity index (χ3v) is 3.41. The van der Waals surface area contributed by atoms with Crippen molar-refractivity contribution >= 4 is 29.3 Å². The van der Waals surface area contributed by atoms with E-state index in [1.807, 2.05) is 0 Å². The van der Waals surface area contributed by atoms with Crippen molar-refractivity contribution in [2.24, 2.45) is 4.99 Å². The van der Waals surface area contributed by atoms with Gasteiger partial charge in [0.15, 0.2) is 0 Å². The molecule has 4 nitrogen and oxygen atoms in total. The van der Waals surface area contributed by atoms with Crippen molar-refractivity contribution < 1.29 is 13.9 Å². The van der Waals surface area contributed by atoms with Crippen molar-refractivity contribution in [3.8, 4) is 5.75 Å². The maximum Gasteiger partial charge on any atom is 0.211 e. The van der Waals surface area contributed by atoms with Gasteiger partial charge in [0.2, 0.25) is 5.96 Å². The molecular formula is C13H9F2N3OS. The molecule has 3 rings (SSSR count). The van der Waals surface area contributed by atoms with Crippen molar-refractivity contribution in [2.75, 3.05) is 5.32 Å². The number of fused-ring (bicyclic) bond motifs is 1. The molecule has 0 fully saturated rings. The molecule has 7 heteroatoms. The molecule has 1 heterocycles. The number of halogens is 2. The Morgan fingerprint density at radius 1 is 1.15 bits per heavy atom. The average Bonchev–Trinajstić information content (AvgIpc) is 2.39. The molecule has 0 aliphatic carbocycles. The zero-order valence-corrected chi connectivity index (χ0v) is 10.8. The molecular weight excluding hydrogens is 284 g/mol. The largest absolute Gasteiger partial charge is 0.506 e. The minimum absolute atomic E-state index is 0.243. The third-order valence-electron chi connectivity index (χ3n) is 2.59. The number of aromatic hydroxyl groups is 1. The summed E-state index contributed by atoms with van der Waals surface area (Å²) in [6.07, 6.45) is 0. The number of nitrogens with one attached hydrogen (secondary N) is 2. The van der Waals surface area contributed by atoms with Crippen molar-refractivity contribution in [2.45, 2.75) is 4.90 Å². The van der Waals surface area contributed by atoms with Gasteiger partial charge in [0, 0.05) is 11.8 Å². The van der Waals surface area contributed by atoms with Crippen LogP contribution in [0.5, 0.6) is 5.75 Å². The van der Waals surface area contributed by atoms with Crippen molar-refractivity contribution in [3.63, 3.8) is 0 Å². The number of benzene rings is 2. The van der Waals surface area contributed by atoms with Crippen LogP contribution in [0.2, 0.25) is 0 Å². The highest BCUT2D eigenvalue weighted by Crippen LogP contribution is 2.39. The minimum atomic E-state index is -0.535. The van der Waals surface area contributed by atoms with Gasteiger partial charge in [-0.15, -0.1) is 0 Å². The molecule has 1 aliphatic heterocycles. The summed E-state index contributed by atoms with van der Waals surface area (Å²) in [5.41, 5.74) is 0.788. The van der Waals surface area contributed by atoms with Crippen LogP contribution in [0.15, 0.2) is 46.3 Å². The van der Waals surface area contributed by atoms with E-state index in [0.29, 0.717) is 16.5 Å². The molecule has 0 unspecified atom stereocenters. The molecule has 102 valence electrons. The number of guanidine groups is 1. The summed E-state index contributed by atoms with van der Waals surface area (Å²) < 4.78 is 29.1. The SMILES string of the molecule is Oc1cc(F)cc2c1N=C(Nc1cccc(F)c1)NS2. The summed E-state index contributed by atoms with van der Waals surface area (Å²) in [5, 5.41) is 12.6. The highest BCUT2D eigenvalue weighted by atomic mass is 32.2. The van der Waals surface area contributed by atoms with Gasteiger partial charge in [-0.2, -0.15) is 0 Å². The topological polar surface area (TPSA) is 56.7 Å². The molecule has 0 amide bonds. The second-order valence-corrected chi connectivity index (χ2v) is 4.92. The Morgan fingerprint density at radius 2 is 2.00 bits per heavy atom. The number of nitrogens with zero attached hydrogens (tertiary/aromatic N) is 1. The van der Waals surface area contributed by atoms with Gasteiger partial charge < -0.3 is 10.4 Å². The molecule has 20 heavy (non-hydrogen) atoms. The van der Waals surface area contributed by atoms with E-state index in [0.717, 1.165) is 18.0 Å². The first-order valence-corrected chi connectivity index (χ1v) is 6.50. The lowest BCUT2D eigenvalue weighted by Crippen LogP contribution is -2.26. The van der Waals surface area contributed by atoms with Crippen LogP contribution in [-0.4, -0.2) is 11.1 Å². The zero-order chi connectivity index (χ0) is 14.1. The lowest BCUT2D eigenvalue weighted by atomic mass is 10.3. The number of phenolic OH excluding ortho intramolecular Hbond substituents is 1. The maximum absolute atomic E-state index is 13.1. The number of phenols is 1. The number of rotatable bonds is 1. The molecule has 0 radical (unpaired) electrons. The van der Waals surface area contributed by atoms with Crippen LogP contribution in [0.3, 0.4) is 0 Å². The Bertz CT molecular complexity index is 706. The van der Waals surface area contributed by atoms with Gasteiger partial charge in [-0.3, -0.25) is 4.72 Å². The van der Waals surface area contributed by atoms with Gasteiger partial charge in [0.1, 0.15) is 23.1 Å². The average molecular weight is 293 g/mol. The van der Waals surface area contributed by atoms with Gasteiger partial charge >= 0.3 is 0 Å². The van der Waals surface area contributed by atoms with Crippen LogP contribution in [0.1, 0.15) is 0 Å². The van der Waals surface area contributed by atoms with Gasteiger partial charge in [-0.1, -0.05) is 6.07 Å². The van der Waals surface area contributed by atoms with Crippen molar-refractivity contribution in [1.82, 2.24) is 4.72 Å². The molecule has 1 aliphatic rings. The van der Waals surface area contributed by atoms with Crippen LogP contribution in [0.25, 0.3) is 0 Å². The van der Waals surface area contributed by atoms with Crippen LogP contribution in [0, 0.1) is 11.6 Å². The lowest BCUT2D eigenvalue weighted by Gasteiger charge is -2.18. The summed E-state index contributed by atoms with van der Waals surface area (Å²) in [6.45, 7) is 0. The smallest absolute Gasteiger partial charge is 0.211 e. The first kappa shape index (κ1) is 12.7. The Labute approximate surface area is 117 Å². The number of aliphatic imine (C=N–C) groups is 1. The van der Waals surface area contributed by atoms with Gasteiger partial charge in [0.05, 0.1) is 4.90 Å². The van der Waals surface area contributed by atoms with E-state index in [1.165, 1.54) is 18.2 Å².